The van der Waals surface area contributed by atoms with Crippen molar-refractivity contribution in [2.24, 2.45) is 5.92 Å². The lowest BCUT2D eigenvalue weighted by molar-refractivity contribution is -0.122. The van der Waals surface area contributed by atoms with E-state index in [1.165, 1.54) is 6.42 Å². The van der Waals surface area contributed by atoms with Crippen LogP contribution in [0.4, 0.5) is 0 Å². The summed E-state index contributed by atoms with van der Waals surface area (Å²) < 4.78 is 1.87. The molecule has 1 N–H and O–H groups in total. The summed E-state index contributed by atoms with van der Waals surface area (Å²) >= 11 is 5.96. The maximum atomic E-state index is 12.2. The first-order valence-electron chi connectivity index (χ1n) is 8.25. The molecular weight excluding hydrogens is 326 g/mol. The number of halogens is 1. The Kier molecular flexibility index (Phi) is 5.82. The van der Waals surface area contributed by atoms with Crippen molar-refractivity contribution in [2.45, 2.75) is 25.9 Å². The minimum absolute atomic E-state index is 0.0522. The summed E-state index contributed by atoms with van der Waals surface area (Å²) in [7, 11) is 0. The normalized spacial score (nSPS) is 18.5. The van der Waals surface area contributed by atoms with Crippen molar-refractivity contribution in [3.05, 3.63) is 47.5 Å². The van der Waals surface area contributed by atoms with Crippen LogP contribution in [-0.2, 0) is 17.9 Å². The number of hydrogen-bond acceptors (Lipinski definition) is 4. The third kappa shape index (κ3) is 5.04. The van der Waals surface area contributed by atoms with Gasteiger partial charge in [-0.15, -0.1) is 0 Å². The summed E-state index contributed by atoms with van der Waals surface area (Å²) in [6, 6.07) is 7.55. The van der Waals surface area contributed by atoms with Gasteiger partial charge in [-0.25, -0.2) is 4.98 Å². The molecule has 0 spiro atoms. The largest absolute Gasteiger partial charge is 0.351 e. The molecule has 7 heteroatoms. The molecule has 1 aliphatic rings. The van der Waals surface area contributed by atoms with Crippen LogP contribution in [0.3, 0.4) is 0 Å². The van der Waals surface area contributed by atoms with Crippen molar-refractivity contribution in [3.63, 3.8) is 0 Å². The molecule has 1 aliphatic heterocycles. The second-order valence-electron chi connectivity index (χ2n) is 6.27. The molecule has 2 aromatic rings. The zero-order valence-corrected chi connectivity index (χ0v) is 14.3. The highest BCUT2D eigenvalue weighted by atomic mass is 35.5. The molecule has 128 valence electrons. The van der Waals surface area contributed by atoms with E-state index in [-0.39, 0.29) is 5.91 Å². The first-order chi connectivity index (χ1) is 11.7. The van der Waals surface area contributed by atoms with Crippen LogP contribution in [0, 0.1) is 5.92 Å². The molecule has 1 fully saturated rings. The summed E-state index contributed by atoms with van der Waals surface area (Å²) in [6.45, 7) is 3.70. The van der Waals surface area contributed by atoms with Gasteiger partial charge in [0.25, 0.3) is 0 Å². The lowest BCUT2D eigenvalue weighted by Crippen LogP contribution is -2.43. The van der Waals surface area contributed by atoms with Gasteiger partial charge in [0, 0.05) is 24.7 Å². The molecule has 24 heavy (non-hydrogen) atoms. The van der Waals surface area contributed by atoms with E-state index < -0.39 is 0 Å². The van der Waals surface area contributed by atoms with Gasteiger partial charge in [-0.3, -0.25) is 14.4 Å². The van der Waals surface area contributed by atoms with E-state index in [1.54, 1.807) is 12.7 Å². The van der Waals surface area contributed by atoms with Gasteiger partial charge in [0.15, 0.2) is 0 Å². The maximum absolute atomic E-state index is 12.2. The predicted molar refractivity (Wildman–Crippen MR) is 92.5 cm³/mol. The summed E-state index contributed by atoms with van der Waals surface area (Å²) in [5.74, 6) is 0.567. The topological polar surface area (TPSA) is 63.1 Å². The van der Waals surface area contributed by atoms with Crippen molar-refractivity contribution in [1.82, 2.24) is 25.0 Å². The highest BCUT2D eigenvalue weighted by molar-refractivity contribution is 6.30. The minimum atomic E-state index is 0.0522. The van der Waals surface area contributed by atoms with E-state index in [0.29, 0.717) is 24.0 Å². The Morgan fingerprint density at radius 1 is 1.42 bits per heavy atom. The van der Waals surface area contributed by atoms with E-state index in [4.69, 9.17) is 11.6 Å². The van der Waals surface area contributed by atoms with Crippen LogP contribution in [0.2, 0.25) is 5.02 Å². The predicted octanol–water partition coefficient (Wildman–Crippen LogP) is 1.96. The summed E-state index contributed by atoms with van der Waals surface area (Å²) in [5.41, 5.74) is 1.01. The number of hydrogen-bond donors (Lipinski definition) is 1. The van der Waals surface area contributed by atoms with Crippen molar-refractivity contribution in [2.75, 3.05) is 19.6 Å². The number of carbonyl (C=O) groups excluding carboxylic acids is 1. The molecule has 3 rings (SSSR count). The first-order valence-corrected chi connectivity index (χ1v) is 8.63. The highest BCUT2D eigenvalue weighted by Gasteiger charge is 2.22. The minimum Gasteiger partial charge on any atom is -0.351 e. The molecule has 0 bridgehead atoms. The van der Waals surface area contributed by atoms with E-state index in [2.05, 4.69) is 20.3 Å². The Morgan fingerprint density at radius 3 is 3.12 bits per heavy atom. The second kappa shape index (κ2) is 8.26. The smallest absolute Gasteiger partial charge is 0.234 e. The highest BCUT2D eigenvalue weighted by Crippen LogP contribution is 2.17. The molecular formula is C17H22ClN5O. The number of likely N-dealkylation sites (tertiary alicyclic amines) is 1. The van der Waals surface area contributed by atoms with Gasteiger partial charge < -0.3 is 5.32 Å². The quantitative estimate of drug-likeness (QED) is 0.867. The van der Waals surface area contributed by atoms with Gasteiger partial charge >= 0.3 is 0 Å². The Bertz CT molecular complexity index is 661. The van der Waals surface area contributed by atoms with Crippen LogP contribution in [0.5, 0.6) is 0 Å². The Morgan fingerprint density at radius 2 is 2.33 bits per heavy atom. The number of benzene rings is 1. The van der Waals surface area contributed by atoms with Crippen LogP contribution in [0.1, 0.15) is 18.4 Å². The zero-order valence-electron chi connectivity index (χ0n) is 13.6. The van der Waals surface area contributed by atoms with Gasteiger partial charge in [0.05, 0.1) is 6.54 Å². The molecule has 0 aliphatic carbocycles. The molecule has 6 nitrogen and oxygen atoms in total. The van der Waals surface area contributed by atoms with Crippen LogP contribution >= 0.6 is 11.6 Å². The van der Waals surface area contributed by atoms with Crippen molar-refractivity contribution in [3.8, 4) is 0 Å². The van der Waals surface area contributed by atoms with Crippen LogP contribution in [0.15, 0.2) is 36.9 Å². The van der Waals surface area contributed by atoms with Crippen molar-refractivity contribution < 1.29 is 4.79 Å². The SMILES string of the molecule is O=C(CN1CCCC(Cn2cncn2)C1)NCc1cccc(Cl)c1. The summed E-state index contributed by atoms with van der Waals surface area (Å²) in [6.07, 6.45) is 5.59. The summed E-state index contributed by atoms with van der Waals surface area (Å²) in [5, 5.41) is 7.82. The number of piperidine rings is 1. The lowest BCUT2D eigenvalue weighted by atomic mass is 9.98. The second-order valence-corrected chi connectivity index (χ2v) is 6.70. The van der Waals surface area contributed by atoms with Crippen molar-refractivity contribution >= 4 is 17.5 Å². The van der Waals surface area contributed by atoms with Crippen molar-refractivity contribution in [1.29, 1.82) is 0 Å². The molecule has 1 aromatic heterocycles. The van der Waals surface area contributed by atoms with E-state index in [1.807, 2.05) is 28.9 Å². The molecule has 1 aromatic carbocycles. The molecule has 1 amide bonds. The monoisotopic (exact) mass is 347 g/mol. The van der Waals surface area contributed by atoms with Crippen LogP contribution in [-0.4, -0.2) is 45.2 Å². The molecule has 0 radical (unpaired) electrons. The van der Waals surface area contributed by atoms with Gasteiger partial charge in [-0.05, 0) is 43.0 Å². The first kappa shape index (κ1) is 16.9. The third-order valence-corrected chi connectivity index (χ3v) is 4.50. The number of carbonyl (C=O) groups is 1. The fourth-order valence-corrected chi connectivity index (χ4v) is 3.35. The number of nitrogens with zero attached hydrogens (tertiary/aromatic N) is 4. The number of aromatic nitrogens is 3. The van der Waals surface area contributed by atoms with Gasteiger partial charge in [-0.1, -0.05) is 23.7 Å². The van der Waals surface area contributed by atoms with Crippen LogP contribution in [0.25, 0.3) is 0 Å². The average molecular weight is 348 g/mol. The molecule has 1 atom stereocenters. The molecule has 1 unspecified atom stereocenters. The third-order valence-electron chi connectivity index (χ3n) is 4.26. The Labute approximate surface area is 146 Å². The fraction of sp³-hybridized carbons (Fsp3) is 0.471. The van der Waals surface area contributed by atoms with E-state index >= 15 is 0 Å². The van der Waals surface area contributed by atoms with Crippen LogP contribution < -0.4 is 5.32 Å². The number of rotatable bonds is 6. The molecule has 1 saturated heterocycles. The van der Waals surface area contributed by atoms with Gasteiger partial charge in [0.1, 0.15) is 12.7 Å². The van der Waals surface area contributed by atoms with Gasteiger partial charge in [0.2, 0.25) is 5.91 Å². The molecule has 2 heterocycles. The fourth-order valence-electron chi connectivity index (χ4n) is 3.14. The van der Waals surface area contributed by atoms with Gasteiger partial charge in [-0.2, -0.15) is 5.10 Å². The van der Waals surface area contributed by atoms with E-state index in [9.17, 15) is 4.79 Å². The zero-order chi connectivity index (χ0) is 16.8. The standard InChI is InChI=1S/C17H22ClN5O/c18-16-5-1-3-14(7-16)8-20-17(24)11-22-6-2-4-15(9-22)10-23-13-19-12-21-23/h1,3,5,7,12-13,15H,2,4,6,8-11H2,(H,20,24). The average Bonchev–Trinajstić information content (AvgIpc) is 3.06. The molecule has 0 saturated carbocycles. The Hall–Kier alpha value is -1.92. The number of amides is 1. The maximum Gasteiger partial charge on any atom is 0.234 e. The Balaban J connectivity index is 1.43. The van der Waals surface area contributed by atoms with E-state index in [0.717, 1.165) is 31.6 Å². The summed E-state index contributed by atoms with van der Waals surface area (Å²) in [4.78, 5) is 18.4. The number of nitrogens with one attached hydrogen (secondary N) is 1. The lowest BCUT2D eigenvalue weighted by Gasteiger charge is -2.32.